The first-order chi connectivity index (χ1) is 11.3. The standard InChI is InChI=1S/C17H26ClN3O4/c1-15(2,3)25-14(23)20-7-6-17(24,16(4,5)9-20)10-21-11-19-12(18)8-13(21)22/h8,11,24H,6-7,9-10H2,1-5H3. The molecular formula is C17H26ClN3O4. The number of piperidine rings is 1. The molecule has 140 valence electrons. The molecule has 1 unspecified atom stereocenters. The number of hydrogen-bond donors (Lipinski definition) is 1. The van der Waals surface area contributed by atoms with Gasteiger partial charge in [-0.15, -0.1) is 0 Å². The van der Waals surface area contributed by atoms with Gasteiger partial charge >= 0.3 is 6.09 Å². The maximum atomic E-state index is 12.3. The van der Waals surface area contributed by atoms with Crippen LogP contribution in [0, 0.1) is 5.41 Å². The molecule has 2 rings (SSSR count). The summed E-state index contributed by atoms with van der Waals surface area (Å²) in [5.41, 5.74) is -2.69. The Kier molecular flexibility index (Phi) is 5.21. The van der Waals surface area contributed by atoms with Gasteiger partial charge in [0.2, 0.25) is 0 Å². The molecule has 1 aromatic rings. The average molecular weight is 372 g/mol. The normalized spacial score (nSPS) is 23.4. The Hall–Kier alpha value is -1.60. The van der Waals surface area contributed by atoms with Gasteiger partial charge in [0.1, 0.15) is 10.8 Å². The van der Waals surface area contributed by atoms with E-state index in [9.17, 15) is 14.7 Å². The highest BCUT2D eigenvalue weighted by atomic mass is 35.5. The third-order valence-electron chi connectivity index (χ3n) is 4.57. The smallest absolute Gasteiger partial charge is 0.410 e. The van der Waals surface area contributed by atoms with Crippen molar-refractivity contribution in [2.24, 2.45) is 5.41 Å². The van der Waals surface area contributed by atoms with Crippen molar-refractivity contribution in [2.45, 2.75) is 58.8 Å². The number of halogens is 1. The summed E-state index contributed by atoms with van der Waals surface area (Å²) in [7, 11) is 0. The molecule has 0 radical (unpaired) electrons. The van der Waals surface area contributed by atoms with E-state index in [4.69, 9.17) is 16.3 Å². The Morgan fingerprint density at radius 1 is 1.44 bits per heavy atom. The predicted molar refractivity (Wildman–Crippen MR) is 94.7 cm³/mol. The lowest BCUT2D eigenvalue weighted by Gasteiger charge is -2.50. The number of carbonyl (C=O) groups is 1. The molecule has 1 saturated heterocycles. The van der Waals surface area contributed by atoms with Crippen LogP contribution in [0.1, 0.15) is 41.0 Å². The van der Waals surface area contributed by atoms with Gasteiger partial charge in [-0.1, -0.05) is 25.4 Å². The van der Waals surface area contributed by atoms with E-state index in [0.717, 1.165) is 0 Å². The molecule has 0 spiro atoms. The Morgan fingerprint density at radius 2 is 2.08 bits per heavy atom. The topological polar surface area (TPSA) is 84.7 Å². The summed E-state index contributed by atoms with van der Waals surface area (Å²) in [6.45, 7) is 9.96. The molecule has 1 N–H and O–H groups in total. The van der Waals surface area contributed by atoms with Crippen LogP contribution >= 0.6 is 11.6 Å². The summed E-state index contributed by atoms with van der Waals surface area (Å²) >= 11 is 5.71. The molecular weight excluding hydrogens is 346 g/mol. The number of aromatic nitrogens is 2. The fourth-order valence-corrected chi connectivity index (χ4v) is 3.08. The first kappa shape index (κ1) is 19.7. The first-order valence-corrected chi connectivity index (χ1v) is 8.63. The Bertz CT molecular complexity index is 711. The highest BCUT2D eigenvalue weighted by molar-refractivity contribution is 6.29. The minimum absolute atomic E-state index is 0.0885. The molecule has 1 aliphatic rings. The molecule has 0 bridgehead atoms. The van der Waals surface area contributed by atoms with Gasteiger partial charge in [-0.2, -0.15) is 0 Å². The van der Waals surface area contributed by atoms with Gasteiger partial charge in [0.05, 0.1) is 18.5 Å². The number of aliphatic hydroxyl groups is 1. The molecule has 0 aromatic carbocycles. The van der Waals surface area contributed by atoms with E-state index >= 15 is 0 Å². The summed E-state index contributed by atoms with van der Waals surface area (Å²) in [6.07, 6.45) is 1.26. The van der Waals surface area contributed by atoms with E-state index < -0.39 is 22.7 Å². The van der Waals surface area contributed by atoms with Gasteiger partial charge in [-0.05, 0) is 27.2 Å². The predicted octanol–water partition coefficient (Wildman–Crippen LogP) is 2.29. The van der Waals surface area contributed by atoms with Crippen LogP contribution < -0.4 is 5.56 Å². The molecule has 8 heteroatoms. The zero-order chi connectivity index (χ0) is 19.0. The van der Waals surface area contributed by atoms with Crippen molar-refractivity contribution < 1.29 is 14.6 Å². The number of amides is 1. The van der Waals surface area contributed by atoms with Crippen molar-refractivity contribution in [1.82, 2.24) is 14.5 Å². The highest BCUT2D eigenvalue weighted by Crippen LogP contribution is 2.40. The second-order valence-electron chi connectivity index (χ2n) is 8.25. The number of ether oxygens (including phenoxy) is 1. The minimum Gasteiger partial charge on any atom is -0.444 e. The maximum Gasteiger partial charge on any atom is 0.410 e. The van der Waals surface area contributed by atoms with Gasteiger partial charge in [0.15, 0.2) is 0 Å². The van der Waals surface area contributed by atoms with Crippen LogP contribution in [0.3, 0.4) is 0 Å². The van der Waals surface area contributed by atoms with Crippen LogP contribution in [-0.2, 0) is 11.3 Å². The van der Waals surface area contributed by atoms with Crippen molar-refractivity contribution in [3.8, 4) is 0 Å². The summed E-state index contributed by atoms with van der Waals surface area (Å²) in [5.74, 6) is 0. The zero-order valence-electron chi connectivity index (χ0n) is 15.4. The van der Waals surface area contributed by atoms with E-state index in [1.54, 1.807) is 4.90 Å². The van der Waals surface area contributed by atoms with E-state index in [1.807, 2.05) is 34.6 Å². The van der Waals surface area contributed by atoms with Crippen LogP contribution in [-0.4, -0.2) is 49.9 Å². The monoisotopic (exact) mass is 371 g/mol. The number of carbonyl (C=O) groups excluding carboxylic acids is 1. The third-order valence-corrected chi connectivity index (χ3v) is 4.78. The van der Waals surface area contributed by atoms with Gasteiger partial charge < -0.3 is 14.7 Å². The molecule has 1 aromatic heterocycles. The van der Waals surface area contributed by atoms with Gasteiger partial charge in [-0.3, -0.25) is 9.36 Å². The molecule has 1 fully saturated rings. The summed E-state index contributed by atoms with van der Waals surface area (Å²) < 4.78 is 6.76. The summed E-state index contributed by atoms with van der Waals surface area (Å²) in [5, 5.41) is 11.3. The summed E-state index contributed by atoms with van der Waals surface area (Å²) in [6, 6.07) is 1.22. The van der Waals surface area contributed by atoms with Crippen LogP contribution in [0.5, 0.6) is 0 Å². The van der Waals surface area contributed by atoms with Crippen molar-refractivity contribution >= 4 is 17.7 Å². The van der Waals surface area contributed by atoms with Gasteiger partial charge in [0.25, 0.3) is 5.56 Å². The minimum atomic E-state index is -1.16. The SMILES string of the molecule is CC(C)(C)OC(=O)N1CCC(O)(Cn2cnc(Cl)cc2=O)C(C)(C)C1. The number of hydrogen-bond acceptors (Lipinski definition) is 5. The number of nitrogens with zero attached hydrogens (tertiary/aromatic N) is 3. The molecule has 1 aliphatic heterocycles. The Morgan fingerprint density at radius 3 is 2.60 bits per heavy atom. The highest BCUT2D eigenvalue weighted by Gasteiger charge is 2.49. The molecule has 1 amide bonds. The fourth-order valence-electron chi connectivity index (χ4n) is 2.94. The van der Waals surface area contributed by atoms with Crippen molar-refractivity contribution in [1.29, 1.82) is 0 Å². The maximum absolute atomic E-state index is 12.3. The van der Waals surface area contributed by atoms with E-state index in [-0.39, 0.29) is 17.3 Å². The molecule has 1 atom stereocenters. The van der Waals surface area contributed by atoms with Crippen LogP contribution in [0.4, 0.5) is 4.79 Å². The van der Waals surface area contributed by atoms with Crippen LogP contribution in [0.25, 0.3) is 0 Å². The lowest BCUT2D eigenvalue weighted by atomic mass is 9.70. The van der Waals surface area contributed by atoms with Gasteiger partial charge in [0, 0.05) is 24.6 Å². The van der Waals surface area contributed by atoms with Crippen molar-refractivity contribution in [2.75, 3.05) is 13.1 Å². The van der Waals surface area contributed by atoms with Crippen LogP contribution in [0.2, 0.25) is 5.15 Å². The second-order valence-corrected chi connectivity index (χ2v) is 8.63. The molecule has 7 nitrogen and oxygen atoms in total. The lowest BCUT2D eigenvalue weighted by Crippen LogP contribution is -2.61. The number of rotatable bonds is 2. The summed E-state index contributed by atoms with van der Waals surface area (Å²) in [4.78, 5) is 29.8. The quantitative estimate of drug-likeness (QED) is 0.806. The Labute approximate surface area is 152 Å². The van der Waals surface area contributed by atoms with Crippen molar-refractivity contribution in [3.63, 3.8) is 0 Å². The van der Waals surface area contributed by atoms with E-state index in [2.05, 4.69) is 4.98 Å². The largest absolute Gasteiger partial charge is 0.444 e. The van der Waals surface area contributed by atoms with E-state index in [1.165, 1.54) is 17.0 Å². The first-order valence-electron chi connectivity index (χ1n) is 8.25. The van der Waals surface area contributed by atoms with Gasteiger partial charge in [-0.25, -0.2) is 9.78 Å². The fraction of sp³-hybridized carbons (Fsp3) is 0.706. The molecule has 0 aliphatic carbocycles. The zero-order valence-corrected chi connectivity index (χ0v) is 16.1. The van der Waals surface area contributed by atoms with E-state index in [0.29, 0.717) is 19.5 Å². The van der Waals surface area contributed by atoms with Crippen LogP contribution in [0.15, 0.2) is 17.2 Å². The second kappa shape index (κ2) is 6.61. The number of likely N-dealkylation sites (tertiary alicyclic amines) is 1. The molecule has 2 heterocycles. The average Bonchev–Trinajstić information content (AvgIpc) is 2.43. The Balaban J connectivity index is 2.16. The molecule has 0 saturated carbocycles. The molecule has 25 heavy (non-hydrogen) atoms. The third kappa shape index (κ3) is 4.52. The lowest BCUT2D eigenvalue weighted by molar-refractivity contribution is -0.127. The van der Waals surface area contributed by atoms with Crippen molar-refractivity contribution in [3.05, 3.63) is 27.9 Å².